The van der Waals surface area contributed by atoms with Crippen LogP contribution < -0.4 is 14.9 Å². The van der Waals surface area contributed by atoms with Gasteiger partial charge in [-0.15, -0.1) is 0 Å². The van der Waals surface area contributed by atoms with Gasteiger partial charge in [-0.05, 0) is 43.3 Å². The third-order valence-corrected chi connectivity index (χ3v) is 6.53. The number of para-hydroxylation sites is 1. The number of amides is 2. The lowest BCUT2D eigenvalue weighted by Crippen LogP contribution is -2.54. The Morgan fingerprint density at radius 1 is 1.00 bits per heavy atom. The molecule has 1 saturated heterocycles. The quantitative estimate of drug-likeness (QED) is 0.702. The normalized spacial score (nSPS) is 15.5. The zero-order valence-electron chi connectivity index (χ0n) is 17.3. The van der Waals surface area contributed by atoms with Gasteiger partial charge in [-0.1, -0.05) is 12.1 Å². The van der Waals surface area contributed by atoms with E-state index < -0.39 is 16.1 Å². The van der Waals surface area contributed by atoms with Gasteiger partial charge >= 0.3 is 0 Å². The van der Waals surface area contributed by atoms with Crippen molar-refractivity contribution in [3.8, 4) is 0 Å². The smallest absolute Gasteiger partial charge is 0.241 e. The highest BCUT2D eigenvalue weighted by Crippen LogP contribution is 2.20. The number of benzene rings is 2. The minimum Gasteiger partial charge on any atom is -0.366 e. The number of carbonyl (C=O) groups excluding carboxylic acids is 2. The molecule has 2 amide bonds. The standard InChI is InChI=1S/C21H25FN4O4S/c1-15(24-31(29,30)18-9-7-17(8-10-18)23-16(2)27)21(28)26-13-11-25(12-14-26)20-6-4-3-5-19(20)22/h3-10,15,24H,11-14H2,1-2H3,(H,23,27)/t15-/m0/s1. The topological polar surface area (TPSA) is 98.8 Å². The highest BCUT2D eigenvalue weighted by Gasteiger charge is 2.28. The summed E-state index contributed by atoms with van der Waals surface area (Å²) in [6, 6.07) is 11.2. The molecule has 0 bridgehead atoms. The molecule has 2 aromatic carbocycles. The lowest BCUT2D eigenvalue weighted by atomic mass is 10.2. The van der Waals surface area contributed by atoms with Crippen molar-refractivity contribution in [1.82, 2.24) is 9.62 Å². The Labute approximate surface area is 181 Å². The average molecular weight is 449 g/mol. The Morgan fingerprint density at radius 2 is 1.61 bits per heavy atom. The minimum atomic E-state index is -3.92. The van der Waals surface area contributed by atoms with Gasteiger partial charge in [0.1, 0.15) is 5.82 Å². The van der Waals surface area contributed by atoms with Crippen LogP contribution in [-0.4, -0.2) is 57.4 Å². The van der Waals surface area contributed by atoms with Gasteiger partial charge in [-0.2, -0.15) is 4.72 Å². The van der Waals surface area contributed by atoms with Gasteiger partial charge in [0.05, 0.1) is 16.6 Å². The Bertz CT molecular complexity index is 1050. The maximum absolute atomic E-state index is 14.0. The number of rotatable bonds is 6. The summed E-state index contributed by atoms with van der Waals surface area (Å²) >= 11 is 0. The van der Waals surface area contributed by atoms with E-state index in [2.05, 4.69) is 10.0 Å². The van der Waals surface area contributed by atoms with E-state index in [1.807, 2.05) is 4.90 Å². The molecule has 0 radical (unpaired) electrons. The molecule has 10 heteroatoms. The Morgan fingerprint density at radius 3 is 2.19 bits per heavy atom. The summed E-state index contributed by atoms with van der Waals surface area (Å²) in [6.07, 6.45) is 0. The summed E-state index contributed by atoms with van der Waals surface area (Å²) in [6.45, 7) is 4.49. The van der Waals surface area contributed by atoms with Crippen molar-refractivity contribution in [1.29, 1.82) is 0 Å². The lowest BCUT2D eigenvalue weighted by molar-refractivity contribution is -0.132. The Balaban J connectivity index is 1.59. The minimum absolute atomic E-state index is 0.00868. The molecule has 0 aromatic heterocycles. The summed E-state index contributed by atoms with van der Waals surface area (Å²) in [4.78, 5) is 27.3. The van der Waals surface area contributed by atoms with Crippen LogP contribution in [0.4, 0.5) is 15.8 Å². The number of nitrogens with one attached hydrogen (secondary N) is 2. The van der Waals surface area contributed by atoms with Gasteiger partial charge in [0.15, 0.2) is 0 Å². The summed E-state index contributed by atoms with van der Waals surface area (Å²) in [5.41, 5.74) is 0.967. The van der Waals surface area contributed by atoms with Crippen molar-refractivity contribution < 1.29 is 22.4 Å². The molecule has 1 fully saturated rings. The molecule has 0 spiro atoms. The van der Waals surface area contributed by atoms with Crippen LogP contribution in [0.5, 0.6) is 0 Å². The molecule has 0 saturated carbocycles. The van der Waals surface area contributed by atoms with Crippen molar-refractivity contribution in [2.75, 3.05) is 36.4 Å². The van der Waals surface area contributed by atoms with Crippen LogP contribution in [-0.2, 0) is 19.6 Å². The van der Waals surface area contributed by atoms with Crippen molar-refractivity contribution >= 4 is 33.2 Å². The Hall–Kier alpha value is -2.98. The zero-order chi connectivity index (χ0) is 22.6. The first kappa shape index (κ1) is 22.7. The van der Waals surface area contributed by atoms with Gasteiger partial charge in [0.2, 0.25) is 21.8 Å². The third kappa shape index (κ3) is 5.59. The second-order valence-corrected chi connectivity index (χ2v) is 9.03. The van der Waals surface area contributed by atoms with Crippen LogP contribution in [0.3, 0.4) is 0 Å². The molecule has 2 N–H and O–H groups in total. The van der Waals surface area contributed by atoms with Crippen LogP contribution in [0.15, 0.2) is 53.4 Å². The molecule has 0 aliphatic carbocycles. The predicted molar refractivity (Wildman–Crippen MR) is 116 cm³/mol. The molecule has 166 valence electrons. The molecule has 1 heterocycles. The van der Waals surface area contributed by atoms with Gasteiger partial charge in [0, 0.05) is 38.8 Å². The predicted octanol–water partition coefficient (Wildman–Crippen LogP) is 1.80. The fourth-order valence-electron chi connectivity index (χ4n) is 3.42. The molecule has 31 heavy (non-hydrogen) atoms. The second kappa shape index (κ2) is 9.44. The van der Waals surface area contributed by atoms with E-state index in [0.717, 1.165) is 0 Å². The number of sulfonamides is 1. The molecule has 1 aliphatic heterocycles. The zero-order valence-corrected chi connectivity index (χ0v) is 18.2. The van der Waals surface area contributed by atoms with Gasteiger partial charge < -0.3 is 15.1 Å². The number of anilines is 2. The molecule has 8 nitrogen and oxygen atoms in total. The molecule has 0 unspecified atom stereocenters. The van der Waals surface area contributed by atoms with Crippen molar-refractivity contribution in [3.05, 3.63) is 54.3 Å². The van der Waals surface area contributed by atoms with Crippen molar-refractivity contribution in [2.24, 2.45) is 0 Å². The number of piperazine rings is 1. The molecular weight excluding hydrogens is 423 g/mol. The molecule has 1 aliphatic rings. The van der Waals surface area contributed by atoms with E-state index >= 15 is 0 Å². The highest BCUT2D eigenvalue weighted by atomic mass is 32.2. The lowest BCUT2D eigenvalue weighted by Gasteiger charge is -2.37. The molecular formula is C21H25FN4O4S. The first-order chi connectivity index (χ1) is 14.7. The van der Waals surface area contributed by atoms with E-state index in [9.17, 15) is 22.4 Å². The molecule has 3 rings (SSSR count). The number of hydrogen-bond acceptors (Lipinski definition) is 5. The maximum atomic E-state index is 14.0. The maximum Gasteiger partial charge on any atom is 0.241 e. The summed E-state index contributed by atoms with van der Waals surface area (Å²) < 4.78 is 41.6. The highest BCUT2D eigenvalue weighted by molar-refractivity contribution is 7.89. The van der Waals surface area contributed by atoms with Crippen LogP contribution in [0.1, 0.15) is 13.8 Å². The van der Waals surface area contributed by atoms with Gasteiger partial charge in [0.25, 0.3) is 0 Å². The Kier molecular flexibility index (Phi) is 6.91. The number of hydrogen-bond donors (Lipinski definition) is 2. The van der Waals surface area contributed by atoms with E-state index in [0.29, 0.717) is 37.6 Å². The summed E-state index contributed by atoms with van der Waals surface area (Å²) in [5, 5.41) is 2.56. The number of carbonyl (C=O) groups is 2. The molecule has 1 atom stereocenters. The van der Waals surface area contributed by atoms with Crippen LogP contribution >= 0.6 is 0 Å². The number of nitrogens with zero attached hydrogens (tertiary/aromatic N) is 2. The average Bonchev–Trinajstić information content (AvgIpc) is 2.73. The molecule has 2 aromatic rings. The fourth-order valence-corrected chi connectivity index (χ4v) is 4.62. The van der Waals surface area contributed by atoms with E-state index in [1.54, 1.807) is 23.1 Å². The van der Waals surface area contributed by atoms with Crippen LogP contribution in [0.25, 0.3) is 0 Å². The first-order valence-corrected chi connectivity index (χ1v) is 11.3. The first-order valence-electron chi connectivity index (χ1n) is 9.85. The van der Waals surface area contributed by atoms with Gasteiger partial charge in [-0.3, -0.25) is 9.59 Å². The monoisotopic (exact) mass is 448 g/mol. The van der Waals surface area contributed by atoms with Gasteiger partial charge in [-0.25, -0.2) is 12.8 Å². The van der Waals surface area contributed by atoms with E-state index in [1.165, 1.54) is 44.2 Å². The van der Waals surface area contributed by atoms with Crippen molar-refractivity contribution in [3.63, 3.8) is 0 Å². The second-order valence-electron chi connectivity index (χ2n) is 7.31. The summed E-state index contributed by atoms with van der Waals surface area (Å²) in [7, 11) is -3.92. The third-order valence-electron chi connectivity index (χ3n) is 4.97. The van der Waals surface area contributed by atoms with E-state index in [-0.39, 0.29) is 22.5 Å². The number of halogens is 1. The summed E-state index contributed by atoms with van der Waals surface area (Å²) in [5.74, 6) is -0.914. The van der Waals surface area contributed by atoms with Crippen molar-refractivity contribution in [2.45, 2.75) is 24.8 Å². The SMILES string of the molecule is CC(=O)Nc1ccc(S(=O)(=O)N[C@@H](C)C(=O)N2CCN(c3ccccc3F)CC2)cc1. The van der Waals surface area contributed by atoms with Crippen LogP contribution in [0.2, 0.25) is 0 Å². The van der Waals surface area contributed by atoms with E-state index in [4.69, 9.17) is 0 Å². The largest absolute Gasteiger partial charge is 0.366 e. The fraction of sp³-hybridized carbons (Fsp3) is 0.333. The van der Waals surface area contributed by atoms with Crippen LogP contribution in [0, 0.1) is 5.82 Å².